The van der Waals surface area contributed by atoms with Crippen LogP contribution in [0.3, 0.4) is 0 Å². The SMILES string of the molecule is C=Cc1ccccc1-c1c(CCCC)c(=O)c1=O. The highest BCUT2D eigenvalue weighted by atomic mass is 16.2. The summed E-state index contributed by atoms with van der Waals surface area (Å²) in [4.78, 5) is 23.4. The Morgan fingerprint density at radius 2 is 1.89 bits per heavy atom. The fourth-order valence-electron chi connectivity index (χ4n) is 2.22. The lowest BCUT2D eigenvalue weighted by molar-refractivity contribution is 0.786. The molecule has 0 aliphatic rings. The van der Waals surface area contributed by atoms with Gasteiger partial charge in [0.05, 0.1) is 0 Å². The number of rotatable bonds is 5. The third kappa shape index (κ3) is 1.94. The topological polar surface area (TPSA) is 34.1 Å². The van der Waals surface area contributed by atoms with Crippen molar-refractivity contribution in [1.82, 2.24) is 0 Å². The van der Waals surface area contributed by atoms with Gasteiger partial charge in [-0.1, -0.05) is 50.3 Å². The molecule has 2 nitrogen and oxygen atoms in total. The van der Waals surface area contributed by atoms with Crippen molar-refractivity contribution >= 4 is 6.08 Å². The van der Waals surface area contributed by atoms with Crippen LogP contribution in [0.4, 0.5) is 0 Å². The van der Waals surface area contributed by atoms with Crippen LogP contribution in [0, 0.1) is 0 Å². The van der Waals surface area contributed by atoms with Gasteiger partial charge < -0.3 is 0 Å². The Balaban J connectivity index is 2.51. The smallest absolute Gasteiger partial charge is 0.234 e. The molecule has 0 fully saturated rings. The molecule has 0 saturated carbocycles. The van der Waals surface area contributed by atoms with Crippen molar-refractivity contribution in [3.63, 3.8) is 0 Å². The second-order valence-electron chi connectivity index (χ2n) is 4.41. The van der Waals surface area contributed by atoms with Gasteiger partial charge in [-0.05, 0) is 24.0 Å². The zero-order valence-corrected chi connectivity index (χ0v) is 10.5. The zero-order valence-electron chi connectivity index (χ0n) is 10.5. The third-order valence-corrected chi connectivity index (χ3v) is 3.24. The van der Waals surface area contributed by atoms with E-state index in [0.29, 0.717) is 17.5 Å². The predicted octanol–water partition coefficient (Wildman–Crippen LogP) is 2.94. The number of hydrogen-bond donors (Lipinski definition) is 0. The number of unbranched alkanes of at least 4 members (excludes halogenated alkanes) is 1. The fourth-order valence-corrected chi connectivity index (χ4v) is 2.22. The molecule has 2 heteroatoms. The van der Waals surface area contributed by atoms with Gasteiger partial charge in [-0.25, -0.2) is 0 Å². The van der Waals surface area contributed by atoms with Gasteiger partial charge in [0.2, 0.25) is 10.9 Å². The standard InChI is InChI=1S/C16H16O2/c1-3-5-9-13-14(16(18)15(13)17)12-10-7-6-8-11(12)4-2/h4,6-8,10H,2-3,5,9H2,1H3. The molecule has 0 saturated heterocycles. The molecule has 0 atom stereocenters. The maximum absolute atomic E-state index is 11.8. The van der Waals surface area contributed by atoms with Crippen molar-refractivity contribution in [3.05, 3.63) is 62.4 Å². The summed E-state index contributed by atoms with van der Waals surface area (Å²) in [5, 5.41) is 0. The van der Waals surface area contributed by atoms with Gasteiger partial charge >= 0.3 is 0 Å². The first kappa shape index (κ1) is 12.5. The summed E-state index contributed by atoms with van der Waals surface area (Å²) in [5.41, 5.74) is 2.37. The predicted molar refractivity (Wildman–Crippen MR) is 75.5 cm³/mol. The lowest BCUT2D eigenvalue weighted by Crippen LogP contribution is -2.37. The average molecular weight is 240 g/mol. The highest BCUT2D eigenvalue weighted by molar-refractivity contribution is 5.78. The molecule has 0 unspecified atom stereocenters. The van der Waals surface area contributed by atoms with Crippen LogP contribution in [0.15, 0.2) is 40.4 Å². The molecule has 0 aromatic heterocycles. The monoisotopic (exact) mass is 240 g/mol. The van der Waals surface area contributed by atoms with Crippen LogP contribution in [-0.2, 0) is 6.42 Å². The van der Waals surface area contributed by atoms with Gasteiger partial charge in [0.15, 0.2) is 0 Å². The van der Waals surface area contributed by atoms with Gasteiger partial charge in [0, 0.05) is 11.1 Å². The molecule has 0 aliphatic heterocycles. The van der Waals surface area contributed by atoms with E-state index in [-0.39, 0.29) is 10.9 Å². The van der Waals surface area contributed by atoms with Crippen LogP contribution >= 0.6 is 0 Å². The Kier molecular flexibility index (Phi) is 3.56. The van der Waals surface area contributed by atoms with Gasteiger partial charge in [0.25, 0.3) is 0 Å². The van der Waals surface area contributed by atoms with Crippen LogP contribution in [0.5, 0.6) is 0 Å². The molecular weight excluding hydrogens is 224 g/mol. The summed E-state index contributed by atoms with van der Waals surface area (Å²) in [6.07, 6.45) is 4.37. The Morgan fingerprint density at radius 3 is 2.56 bits per heavy atom. The van der Waals surface area contributed by atoms with Crippen LogP contribution in [0.1, 0.15) is 30.9 Å². The quantitative estimate of drug-likeness (QED) is 0.753. The molecule has 18 heavy (non-hydrogen) atoms. The molecule has 0 aliphatic carbocycles. The van der Waals surface area contributed by atoms with Gasteiger partial charge in [0.1, 0.15) is 0 Å². The first-order chi connectivity index (χ1) is 8.70. The number of benzene rings is 1. The molecule has 0 radical (unpaired) electrons. The van der Waals surface area contributed by atoms with Crippen molar-refractivity contribution in [2.45, 2.75) is 26.2 Å². The van der Waals surface area contributed by atoms with Crippen molar-refractivity contribution in [2.75, 3.05) is 0 Å². The van der Waals surface area contributed by atoms with Crippen LogP contribution in [-0.4, -0.2) is 0 Å². The van der Waals surface area contributed by atoms with Gasteiger partial charge in [-0.15, -0.1) is 0 Å². The summed E-state index contributed by atoms with van der Waals surface area (Å²) in [6, 6.07) is 7.56. The first-order valence-electron chi connectivity index (χ1n) is 6.24. The largest absolute Gasteiger partial charge is 0.285 e. The second-order valence-corrected chi connectivity index (χ2v) is 4.41. The second kappa shape index (κ2) is 5.13. The number of hydrogen-bond acceptors (Lipinski definition) is 2. The van der Waals surface area contributed by atoms with Crippen molar-refractivity contribution < 1.29 is 0 Å². The molecule has 92 valence electrons. The Bertz CT molecular complexity index is 643. The maximum Gasteiger partial charge on any atom is 0.234 e. The highest BCUT2D eigenvalue weighted by Crippen LogP contribution is 2.25. The van der Waals surface area contributed by atoms with E-state index in [0.717, 1.165) is 24.0 Å². The van der Waals surface area contributed by atoms with E-state index in [4.69, 9.17) is 0 Å². The summed E-state index contributed by atoms with van der Waals surface area (Å²) < 4.78 is 0. The lowest BCUT2D eigenvalue weighted by Gasteiger charge is -2.13. The Hall–Kier alpha value is -1.96. The summed E-state index contributed by atoms with van der Waals surface area (Å²) in [6.45, 7) is 5.82. The summed E-state index contributed by atoms with van der Waals surface area (Å²) in [5.74, 6) is 0. The van der Waals surface area contributed by atoms with E-state index < -0.39 is 0 Å². The minimum Gasteiger partial charge on any atom is -0.285 e. The molecule has 2 aromatic rings. The molecule has 0 spiro atoms. The van der Waals surface area contributed by atoms with Crippen molar-refractivity contribution in [1.29, 1.82) is 0 Å². The lowest BCUT2D eigenvalue weighted by atomic mass is 9.88. The van der Waals surface area contributed by atoms with Crippen molar-refractivity contribution in [2.24, 2.45) is 0 Å². The molecule has 0 bridgehead atoms. The summed E-state index contributed by atoms with van der Waals surface area (Å²) >= 11 is 0. The third-order valence-electron chi connectivity index (χ3n) is 3.24. The minimum absolute atomic E-state index is 0.308. The van der Waals surface area contributed by atoms with Gasteiger partial charge in [-0.3, -0.25) is 9.59 Å². The van der Waals surface area contributed by atoms with Crippen molar-refractivity contribution in [3.8, 4) is 11.1 Å². The molecule has 0 heterocycles. The van der Waals surface area contributed by atoms with E-state index in [2.05, 4.69) is 13.5 Å². The van der Waals surface area contributed by atoms with E-state index in [9.17, 15) is 9.59 Å². The Morgan fingerprint density at radius 1 is 1.17 bits per heavy atom. The van der Waals surface area contributed by atoms with E-state index >= 15 is 0 Å². The minimum atomic E-state index is -0.351. The van der Waals surface area contributed by atoms with Gasteiger partial charge in [-0.2, -0.15) is 0 Å². The average Bonchev–Trinajstić information content (AvgIpc) is 2.42. The maximum atomic E-state index is 11.8. The fraction of sp³-hybridized carbons (Fsp3) is 0.250. The first-order valence-corrected chi connectivity index (χ1v) is 6.24. The van der Waals surface area contributed by atoms with Crippen LogP contribution < -0.4 is 10.9 Å². The van der Waals surface area contributed by atoms with Crippen LogP contribution in [0.25, 0.3) is 17.2 Å². The molecule has 0 amide bonds. The van der Waals surface area contributed by atoms with E-state index in [1.165, 1.54) is 0 Å². The Labute approximate surface area is 106 Å². The summed E-state index contributed by atoms with van der Waals surface area (Å²) in [7, 11) is 0. The normalized spacial score (nSPS) is 10.7. The molecule has 2 aromatic carbocycles. The van der Waals surface area contributed by atoms with Crippen LogP contribution in [0.2, 0.25) is 0 Å². The zero-order chi connectivity index (χ0) is 13.1. The molecular formula is C16H16O2. The van der Waals surface area contributed by atoms with E-state index in [1.54, 1.807) is 6.08 Å². The molecule has 0 N–H and O–H groups in total. The van der Waals surface area contributed by atoms with E-state index in [1.807, 2.05) is 24.3 Å². The molecule has 2 rings (SSSR count). The highest BCUT2D eigenvalue weighted by Gasteiger charge is 2.22.